The highest BCUT2D eigenvalue weighted by Crippen LogP contribution is 2.17. The molecule has 0 fully saturated rings. The lowest BCUT2D eigenvalue weighted by Crippen LogP contribution is -2.29. The van der Waals surface area contributed by atoms with E-state index < -0.39 is 5.91 Å². The molecule has 2 N–H and O–H groups in total. The van der Waals surface area contributed by atoms with Gasteiger partial charge in [0.15, 0.2) is 0 Å². The van der Waals surface area contributed by atoms with Crippen molar-refractivity contribution in [2.75, 3.05) is 0 Å². The number of aryl methyl sites for hydroxylation is 1. The highest BCUT2D eigenvalue weighted by atomic mass is 35.5. The predicted octanol–water partition coefficient (Wildman–Crippen LogP) is 2.93. The molecule has 3 aromatic rings. The number of benzene rings is 1. The predicted molar refractivity (Wildman–Crippen MR) is 90.9 cm³/mol. The van der Waals surface area contributed by atoms with Gasteiger partial charge in [0.25, 0.3) is 5.91 Å². The Balaban J connectivity index is 2.01. The Morgan fingerprint density at radius 3 is 2.87 bits per heavy atom. The number of fused-ring (bicyclic) bond motifs is 1. The summed E-state index contributed by atoms with van der Waals surface area (Å²) in [6, 6.07) is 8.85. The Bertz CT molecular complexity index is 913. The van der Waals surface area contributed by atoms with Gasteiger partial charge in [0.2, 0.25) is 5.43 Å². The number of hydrogen-bond donors (Lipinski definition) is 2. The van der Waals surface area contributed by atoms with E-state index in [-0.39, 0.29) is 11.0 Å². The molecule has 0 aliphatic rings. The lowest BCUT2D eigenvalue weighted by molar-refractivity contribution is 0.0949. The SMILES string of the molecule is CCn1cc(C(=O)NCc2ccc[nH]2)c(=O)c2cc(Cl)ccc21. The number of aromatic nitrogens is 2. The van der Waals surface area contributed by atoms with Crippen LogP contribution in [0.4, 0.5) is 0 Å². The fourth-order valence-corrected chi connectivity index (χ4v) is 2.71. The van der Waals surface area contributed by atoms with Crippen molar-refractivity contribution in [2.24, 2.45) is 0 Å². The van der Waals surface area contributed by atoms with E-state index in [4.69, 9.17) is 11.6 Å². The third kappa shape index (κ3) is 3.00. The van der Waals surface area contributed by atoms with Gasteiger partial charge in [0, 0.05) is 35.0 Å². The average Bonchev–Trinajstić information content (AvgIpc) is 3.07. The fraction of sp³-hybridized carbons (Fsp3) is 0.176. The van der Waals surface area contributed by atoms with E-state index in [1.54, 1.807) is 30.6 Å². The van der Waals surface area contributed by atoms with E-state index in [1.165, 1.54) is 0 Å². The van der Waals surface area contributed by atoms with Gasteiger partial charge in [-0.15, -0.1) is 0 Å². The number of rotatable bonds is 4. The molecule has 0 aliphatic carbocycles. The zero-order valence-electron chi connectivity index (χ0n) is 12.6. The number of pyridine rings is 1. The van der Waals surface area contributed by atoms with Crippen LogP contribution in [0.2, 0.25) is 5.02 Å². The minimum atomic E-state index is -0.395. The van der Waals surface area contributed by atoms with E-state index >= 15 is 0 Å². The third-order valence-corrected chi connectivity index (χ3v) is 3.96. The Kier molecular flexibility index (Phi) is 4.21. The third-order valence-electron chi connectivity index (χ3n) is 3.73. The van der Waals surface area contributed by atoms with Crippen LogP contribution in [0.25, 0.3) is 10.9 Å². The molecule has 0 unspecified atom stereocenters. The van der Waals surface area contributed by atoms with Gasteiger partial charge in [0.1, 0.15) is 5.56 Å². The van der Waals surface area contributed by atoms with Gasteiger partial charge < -0.3 is 14.9 Å². The quantitative estimate of drug-likeness (QED) is 0.772. The summed E-state index contributed by atoms with van der Waals surface area (Å²) in [5.41, 5.74) is 1.45. The fourth-order valence-electron chi connectivity index (χ4n) is 2.54. The molecule has 118 valence electrons. The van der Waals surface area contributed by atoms with Gasteiger partial charge in [-0.05, 0) is 37.3 Å². The zero-order valence-corrected chi connectivity index (χ0v) is 13.4. The van der Waals surface area contributed by atoms with E-state index in [0.717, 1.165) is 11.2 Å². The highest BCUT2D eigenvalue weighted by molar-refractivity contribution is 6.31. The number of amides is 1. The minimum absolute atomic E-state index is 0.119. The monoisotopic (exact) mass is 329 g/mol. The summed E-state index contributed by atoms with van der Waals surface area (Å²) >= 11 is 5.99. The highest BCUT2D eigenvalue weighted by Gasteiger charge is 2.15. The van der Waals surface area contributed by atoms with Gasteiger partial charge in [-0.1, -0.05) is 11.6 Å². The molecular weight excluding hydrogens is 314 g/mol. The summed E-state index contributed by atoms with van der Waals surface area (Å²) in [6.07, 6.45) is 3.38. The van der Waals surface area contributed by atoms with Crippen molar-refractivity contribution in [3.05, 3.63) is 69.2 Å². The van der Waals surface area contributed by atoms with Gasteiger partial charge >= 0.3 is 0 Å². The maximum atomic E-state index is 12.6. The van der Waals surface area contributed by atoms with E-state index in [0.29, 0.717) is 23.5 Å². The van der Waals surface area contributed by atoms with Crippen LogP contribution >= 0.6 is 11.6 Å². The number of halogens is 1. The number of carbonyl (C=O) groups excluding carboxylic acids is 1. The summed E-state index contributed by atoms with van der Waals surface area (Å²) in [4.78, 5) is 28.0. The molecule has 0 saturated heterocycles. The van der Waals surface area contributed by atoms with Crippen LogP contribution < -0.4 is 10.7 Å². The Morgan fingerprint density at radius 2 is 2.17 bits per heavy atom. The number of nitrogens with one attached hydrogen (secondary N) is 2. The van der Waals surface area contributed by atoms with Crippen molar-refractivity contribution in [2.45, 2.75) is 20.0 Å². The summed E-state index contributed by atoms with van der Waals surface area (Å²) in [5, 5.41) is 3.68. The van der Waals surface area contributed by atoms with Crippen LogP contribution in [-0.4, -0.2) is 15.5 Å². The maximum absolute atomic E-state index is 12.6. The summed E-state index contributed by atoms with van der Waals surface area (Å²) in [6.45, 7) is 2.94. The first kappa shape index (κ1) is 15.4. The van der Waals surface area contributed by atoms with Crippen LogP contribution in [0.3, 0.4) is 0 Å². The van der Waals surface area contributed by atoms with Crippen LogP contribution in [-0.2, 0) is 13.1 Å². The van der Waals surface area contributed by atoms with Crippen LogP contribution in [0.15, 0.2) is 47.5 Å². The standard InChI is InChI=1S/C17H16ClN3O2/c1-2-21-10-14(17(23)20-9-12-4-3-7-19-12)16(22)13-8-11(18)5-6-15(13)21/h3-8,10,19H,2,9H2,1H3,(H,20,23). The number of nitrogens with zero attached hydrogens (tertiary/aromatic N) is 1. The van der Waals surface area contributed by atoms with Gasteiger partial charge in [-0.2, -0.15) is 0 Å². The second-order valence-corrected chi connectivity index (χ2v) is 5.63. The Hall–Kier alpha value is -2.53. The molecule has 2 aromatic heterocycles. The molecule has 0 bridgehead atoms. The molecule has 23 heavy (non-hydrogen) atoms. The van der Waals surface area contributed by atoms with Gasteiger partial charge in [0.05, 0.1) is 12.1 Å². The largest absolute Gasteiger partial charge is 0.364 e. The smallest absolute Gasteiger partial charge is 0.257 e. The minimum Gasteiger partial charge on any atom is -0.364 e. The first-order valence-corrected chi connectivity index (χ1v) is 7.71. The second-order valence-electron chi connectivity index (χ2n) is 5.20. The van der Waals surface area contributed by atoms with E-state index in [2.05, 4.69) is 10.3 Å². The molecule has 3 rings (SSSR count). The van der Waals surface area contributed by atoms with Crippen molar-refractivity contribution in [1.82, 2.24) is 14.9 Å². The molecule has 5 nitrogen and oxygen atoms in total. The lowest BCUT2D eigenvalue weighted by Gasteiger charge is -2.12. The van der Waals surface area contributed by atoms with Gasteiger partial charge in [-0.25, -0.2) is 0 Å². The average molecular weight is 330 g/mol. The van der Waals surface area contributed by atoms with E-state index in [9.17, 15) is 9.59 Å². The molecule has 2 heterocycles. The van der Waals surface area contributed by atoms with Crippen molar-refractivity contribution < 1.29 is 4.79 Å². The topological polar surface area (TPSA) is 66.9 Å². The maximum Gasteiger partial charge on any atom is 0.257 e. The molecule has 0 atom stereocenters. The van der Waals surface area contributed by atoms with Crippen molar-refractivity contribution >= 4 is 28.4 Å². The van der Waals surface area contributed by atoms with E-state index in [1.807, 2.05) is 23.6 Å². The first-order chi connectivity index (χ1) is 11.1. The molecular formula is C17H16ClN3O2. The molecule has 0 aliphatic heterocycles. The molecule has 0 radical (unpaired) electrons. The normalized spacial score (nSPS) is 10.9. The number of H-pyrrole nitrogens is 1. The van der Waals surface area contributed by atoms with Crippen LogP contribution in [0, 0.1) is 0 Å². The van der Waals surface area contributed by atoms with Crippen molar-refractivity contribution in [1.29, 1.82) is 0 Å². The Morgan fingerprint density at radius 1 is 1.35 bits per heavy atom. The van der Waals surface area contributed by atoms with Crippen LogP contribution in [0.1, 0.15) is 23.0 Å². The molecule has 6 heteroatoms. The number of hydrogen-bond acceptors (Lipinski definition) is 2. The molecule has 0 spiro atoms. The second kappa shape index (κ2) is 6.30. The number of aromatic amines is 1. The Labute approximate surface area is 137 Å². The zero-order chi connectivity index (χ0) is 16.4. The summed E-state index contributed by atoms with van der Waals surface area (Å²) < 4.78 is 1.87. The lowest BCUT2D eigenvalue weighted by atomic mass is 10.1. The van der Waals surface area contributed by atoms with Crippen molar-refractivity contribution in [3.63, 3.8) is 0 Å². The van der Waals surface area contributed by atoms with Crippen LogP contribution in [0.5, 0.6) is 0 Å². The first-order valence-electron chi connectivity index (χ1n) is 7.33. The molecule has 0 saturated carbocycles. The summed E-state index contributed by atoms with van der Waals surface area (Å²) in [7, 11) is 0. The number of carbonyl (C=O) groups is 1. The molecule has 1 aromatic carbocycles. The molecule has 1 amide bonds. The van der Waals surface area contributed by atoms with Gasteiger partial charge in [-0.3, -0.25) is 9.59 Å². The summed E-state index contributed by atoms with van der Waals surface area (Å²) in [5.74, 6) is -0.395. The van der Waals surface area contributed by atoms with Crippen molar-refractivity contribution in [3.8, 4) is 0 Å².